The van der Waals surface area contributed by atoms with Crippen molar-refractivity contribution in [3.8, 4) is 22.8 Å². The summed E-state index contributed by atoms with van der Waals surface area (Å²) in [6.45, 7) is 5.84. The molecule has 9 heteroatoms. The molecule has 1 aromatic carbocycles. The summed E-state index contributed by atoms with van der Waals surface area (Å²) >= 11 is 1.40. The van der Waals surface area contributed by atoms with Gasteiger partial charge in [-0.1, -0.05) is 29.5 Å². The maximum atomic E-state index is 6.16. The molecule has 4 aromatic rings. The lowest BCUT2D eigenvalue weighted by molar-refractivity contribution is 0.509. The number of benzene rings is 1. The van der Waals surface area contributed by atoms with Gasteiger partial charge in [-0.3, -0.25) is 0 Å². The Labute approximate surface area is 159 Å². The summed E-state index contributed by atoms with van der Waals surface area (Å²) in [5.74, 6) is 8.43. The Morgan fingerprint density at radius 1 is 1.04 bits per heavy atom. The van der Waals surface area contributed by atoms with E-state index in [0.717, 1.165) is 16.9 Å². The van der Waals surface area contributed by atoms with Crippen molar-refractivity contribution >= 4 is 11.8 Å². The lowest BCUT2D eigenvalue weighted by atomic mass is 10.1. The zero-order valence-corrected chi connectivity index (χ0v) is 15.9. The lowest BCUT2D eigenvalue weighted by Gasteiger charge is -2.06. The summed E-state index contributed by atoms with van der Waals surface area (Å²) in [5.41, 5.74) is 2.87. The fourth-order valence-corrected chi connectivity index (χ4v) is 3.38. The van der Waals surface area contributed by atoms with Gasteiger partial charge in [0, 0.05) is 5.56 Å². The summed E-state index contributed by atoms with van der Waals surface area (Å²) in [6.07, 6.45) is 1.60. The van der Waals surface area contributed by atoms with Crippen LogP contribution in [0.2, 0.25) is 0 Å². The number of aromatic nitrogens is 5. The lowest BCUT2D eigenvalue weighted by Crippen LogP contribution is -2.12. The van der Waals surface area contributed by atoms with Crippen molar-refractivity contribution in [2.45, 2.75) is 31.2 Å². The van der Waals surface area contributed by atoms with E-state index in [-0.39, 0.29) is 5.25 Å². The van der Waals surface area contributed by atoms with Crippen molar-refractivity contribution < 1.29 is 8.83 Å². The first-order valence-corrected chi connectivity index (χ1v) is 9.23. The van der Waals surface area contributed by atoms with Gasteiger partial charge in [0.1, 0.15) is 5.76 Å². The van der Waals surface area contributed by atoms with E-state index in [1.54, 1.807) is 6.26 Å². The number of aryl methyl sites for hydroxylation is 2. The molecular formula is C18H18N6O2S. The van der Waals surface area contributed by atoms with Crippen molar-refractivity contribution in [2.75, 3.05) is 5.84 Å². The van der Waals surface area contributed by atoms with Crippen LogP contribution < -0.4 is 5.84 Å². The van der Waals surface area contributed by atoms with Crippen molar-refractivity contribution in [3.05, 3.63) is 53.8 Å². The minimum atomic E-state index is -0.138. The maximum Gasteiger partial charge on any atom is 0.247 e. The maximum absolute atomic E-state index is 6.16. The molecule has 3 aromatic heterocycles. The number of rotatable bonds is 5. The third-order valence-corrected chi connectivity index (χ3v) is 5.18. The highest BCUT2D eigenvalue weighted by atomic mass is 32.2. The molecule has 4 rings (SSSR count). The molecule has 0 aliphatic rings. The third-order valence-electron chi connectivity index (χ3n) is 4.13. The Kier molecular flexibility index (Phi) is 4.44. The van der Waals surface area contributed by atoms with E-state index in [0.29, 0.717) is 22.8 Å². The number of nitrogen functional groups attached to an aromatic ring is 1. The molecule has 0 spiro atoms. The highest BCUT2D eigenvalue weighted by Gasteiger charge is 2.21. The van der Waals surface area contributed by atoms with Crippen LogP contribution >= 0.6 is 11.8 Å². The normalized spacial score (nSPS) is 12.4. The fraction of sp³-hybridized carbons (Fsp3) is 0.222. The van der Waals surface area contributed by atoms with Crippen LogP contribution in [-0.2, 0) is 0 Å². The number of hydrogen-bond acceptors (Lipinski definition) is 8. The first-order chi connectivity index (χ1) is 13.0. The van der Waals surface area contributed by atoms with Gasteiger partial charge in [-0.25, -0.2) is 4.68 Å². The molecule has 2 N–H and O–H groups in total. The summed E-state index contributed by atoms with van der Waals surface area (Å²) < 4.78 is 12.6. The fourth-order valence-electron chi connectivity index (χ4n) is 2.58. The second-order valence-corrected chi connectivity index (χ2v) is 7.45. The largest absolute Gasteiger partial charge is 0.469 e. The van der Waals surface area contributed by atoms with Crippen LogP contribution in [0.3, 0.4) is 0 Å². The standard InChI is InChI=1S/C18H18N6O2S/c1-10-4-6-13(7-5-10)17-22-21-16(26-17)12(3)27-18-23-20-15(24(18)19)14-8-9-25-11(14)2/h4-9,12H,19H2,1-3H3. The molecule has 138 valence electrons. The summed E-state index contributed by atoms with van der Waals surface area (Å²) in [7, 11) is 0. The molecule has 0 saturated carbocycles. The molecule has 8 nitrogen and oxygen atoms in total. The van der Waals surface area contributed by atoms with E-state index in [9.17, 15) is 0 Å². The van der Waals surface area contributed by atoms with Crippen molar-refractivity contribution in [2.24, 2.45) is 0 Å². The van der Waals surface area contributed by atoms with Gasteiger partial charge in [-0.15, -0.1) is 20.4 Å². The zero-order valence-electron chi connectivity index (χ0n) is 15.1. The first-order valence-electron chi connectivity index (χ1n) is 8.35. The SMILES string of the molecule is Cc1ccc(-c2nnc(C(C)Sc3nnc(-c4ccoc4C)n3N)o2)cc1. The van der Waals surface area contributed by atoms with E-state index in [2.05, 4.69) is 20.4 Å². The van der Waals surface area contributed by atoms with Gasteiger partial charge < -0.3 is 14.7 Å². The van der Waals surface area contributed by atoms with Crippen LogP contribution in [0.25, 0.3) is 22.8 Å². The number of furan rings is 1. The average molecular weight is 382 g/mol. The molecule has 1 atom stereocenters. The third kappa shape index (κ3) is 3.33. The van der Waals surface area contributed by atoms with Gasteiger partial charge in [-0.2, -0.15) is 0 Å². The Morgan fingerprint density at radius 3 is 2.52 bits per heavy atom. The van der Waals surface area contributed by atoms with Crippen LogP contribution in [0.15, 0.2) is 50.6 Å². The minimum Gasteiger partial charge on any atom is -0.469 e. The molecule has 0 amide bonds. The van der Waals surface area contributed by atoms with E-state index in [1.165, 1.54) is 22.0 Å². The minimum absolute atomic E-state index is 0.138. The predicted molar refractivity (Wildman–Crippen MR) is 101 cm³/mol. The average Bonchev–Trinajstić information content (AvgIpc) is 3.37. The summed E-state index contributed by atoms with van der Waals surface area (Å²) in [5, 5.41) is 17.1. The smallest absolute Gasteiger partial charge is 0.247 e. The van der Waals surface area contributed by atoms with Crippen LogP contribution in [-0.4, -0.2) is 25.1 Å². The van der Waals surface area contributed by atoms with Crippen LogP contribution in [0.1, 0.15) is 29.4 Å². The van der Waals surface area contributed by atoms with E-state index in [4.69, 9.17) is 14.7 Å². The quantitative estimate of drug-likeness (QED) is 0.410. The Morgan fingerprint density at radius 2 is 1.81 bits per heavy atom. The van der Waals surface area contributed by atoms with Crippen LogP contribution in [0, 0.1) is 13.8 Å². The van der Waals surface area contributed by atoms with Crippen LogP contribution in [0.5, 0.6) is 0 Å². The molecule has 0 aliphatic carbocycles. The molecule has 0 saturated heterocycles. The molecule has 0 radical (unpaired) electrons. The Bertz CT molecular complexity index is 1070. The molecular weight excluding hydrogens is 364 g/mol. The number of hydrogen-bond donors (Lipinski definition) is 1. The molecule has 0 fully saturated rings. The zero-order chi connectivity index (χ0) is 19.0. The van der Waals surface area contributed by atoms with Gasteiger partial charge in [0.15, 0.2) is 5.82 Å². The van der Waals surface area contributed by atoms with Crippen molar-refractivity contribution in [3.63, 3.8) is 0 Å². The number of nitrogens with two attached hydrogens (primary N) is 1. The van der Waals surface area contributed by atoms with Gasteiger partial charge in [0.2, 0.25) is 16.9 Å². The number of nitrogens with zero attached hydrogens (tertiary/aromatic N) is 5. The first kappa shape index (κ1) is 17.3. The van der Waals surface area contributed by atoms with Gasteiger partial charge in [0.05, 0.1) is 17.1 Å². The molecule has 0 bridgehead atoms. The molecule has 1 unspecified atom stereocenters. The topological polar surface area (TPSA) is 109 Å². The Hall–Kier alpha value is -3.07. The number of thioether (sulfide) groups is 1. The molecule has 3 heterocycles. The van der Waals surface area contributed by atoms with Gasteiger partial charge >= 0.3 is 0 Å². The summed E-state index contributed by atoms with van der Waals surface area (Å²) in [6, 6.07) is 9.74. The molecule has 0 aliphatic heterocycles. The molecule has 27 heavy (non-hydrogen) atoms. The van der Waals surface area contributed by atoms with Crippen molar-refractivity contribution in [1.29, 1.82) is 0 Å². The second kappa shape index (κ2) is 6.92. The van der Waals surface area contributed by atoms with Crippen LogP contribution in [0.4, 0.5) is 0 Å². The van der Waals surface area contributed by atoms with E-state index >= 15 is 0 Å². The predicted octanol–water partition coefficient (Wildman–Crippen LogP) is 3.77. The highest BCUT2D eigenvalue weighted by Crippen LogP contribution is 2.35. The van der Waals surface area contributed by atoms with Crippen molar-refractivity contribution in [1.82, 2.24) is 25.1 Å². The Balaban J connectivity index is 1.53. The van der Waals surface area contributed by atoms with Gasteiger partial charge in [0.25, 0.3) is 0 Å². The van der Waals surface area contributed by atoms with Gasteiger partial charge in [-0.05, 0) is 39.0 Å². The van der Waals surface area contributed by atoms with E-state index in [1.807, 2.05) is 51.1 Å². The summed E-state index contributed by atoms with van der Waals surface area (Å²) in [4.78, 5) is 0. The highest BCUT2D eigenvalue weighted by molar-refractivity contribution is 7.99. The monoisotopic (exact) mass is 382 g/mol. The second-order valence-electron chi connectivity index (χ2n) is 6.14. The van der Waals surface area contributed by atoms with E-state index < -0.39 is 0 Å².